The van der Waals surface area contributed by atoms with Gasteiger partial charge in [-0.25, -0.2) is 9.79 Å². The molecule has 0 unspecified atom stereocenters. The topological polar surface area (TPSA) is 73.1 Å². The summed E-state index contributed by atoms with van der Waals surface area (Å²) in [4.78, 5) is 37.0. The molecule has 0 amide bonds. The summed E-state index contributed by atoms with van der Waals surface area (Å²) in [6.45, 7) is 3.74. The maximum absolute atomic E-state index is 14.1. The van der Waals surface area contributed by atoms with Crippen molar-refractivity contribution in [3.8, 4) is 5.75 Å². The number of halogens is 1. The molecule has 7 nitrogen and oxygen atoms in total. The van der Waals surface area contributed by atoms with Crippen molar-refractivity contribution in [1.82, 2.24) is 4.57 Å². The zero-order valence-electron chi connectivity index (χ0n) is 22.8. The van der Waals surface area contributed by atoms with Gasteiger partial charge >= 0.3 is 5.97 Å². The van der Waals surface area contributed by atoms with Crippen molar-refractivity contribution in [2.24, 2.45) is 4.99 Å². The normalized spacial score (nSPS) is 16.1. The van der Waals surface area contributed by atoms with Crippen LogP contribution in [-0.2, 0) is 9.53 Å². The second kappa shape index (κ2) is 11.0. The Morgan fingerprint density at radius 3 is 2.66 bits per heavy atom. The lowest BCUT2D eigenvalue weighted by Gasteiger charge is -2.29. The largest absolute Gasteiger partial charge is 0.496 e. The third kappa shape index (κ3) is 4.83. The van der Waals surface area contributed by atoms with E-state index in [1.807, 2.05) is 42.5 Å². The molecule has 1 atom stereocenters. The van der Waals surface area contributed by atoms with Gasteiger partial charge in [-0.05, 0) is 68.0 Å². The molecule has 3 aromatic carbocycles. The number of benzene rings is 3. The number of hydrogen-bond acceptors (Lipinski definition) is 8. The van der Waals surface area contributed by atoms with Gasteiger partial charge in [-0.2, -0.15) is 0 Å². The number of rotatable bonds is 5. The fourth-order valence-electron chi connectivity index (χ4n) is 5.20. The first-order chi connectivity index (χ1) is 19.8. The number of aromatic nitrogens is 1. The number of methoxy groups -OCH3 is 1. The van der Waals surface area contributed by atoms with E-state index in [1.54, 1.807) is 37.3 Å². The number of hydrogen-bond donors (Lipinski definition) is 0. The van der Waals surface area contributed by atoms with Crippen molar-refractivity contribution in [3.63, 3.8) is 0 Å². The monoisotopic (exact) mass is 647 g/mol. The van der Waals surface area contributed by atoms with Gasteiger partial charge < -0.3 is 14.4 Å². The molecule has 0 aliphatic carbocycles. The van der Waals surface area contributed by atoms with Crippen LogP contribution in [0.2, 0.25) is 0 Å². The zero-order valence-corrected chi connectivity index (χ0v) is 26.0. The summed E-state index contributed by atoms with van der Waals surface area (Å²) in [5.41, 5.74) is 4.45. The van der Waals surface area contributed by atoms with Gasteiger partial charge in [0.2, 0.25) is 0 Å². The summed E-state index contributed by atoms with van der Waals surface area (Å²) in [7, 11) is 3.63. The number of carbonyl (C=O) groups excluding carboxylic acids is 1. The highest BCUT2D eigenvalue weighted by Gasteiger charge is 2.35. The second-order valence-electron chi connectivity index (χ2n) is 9.54. The molecule has 4 aromatic rings. The molecule has 10 heteroatoms. The van der Waals surface area contributed by atoms with Crippen molar-refractivity contribution in [2.45, 2.75) is 29.7 Å². The predicted octanol–water partition coefficient (Wildman–Crippen LogP) is 5.80. The SMILES string of the molecule is CCOC(=O)C1=C(C)N=c2s/c(=C\c3ccc4c(c3)Sc3ccccc3N4C)c(=O)n2[C@H]1c1cc(Br)ccc1OC. The fourth-order valence-corrected chi connectivity index (χ4v) is 7.83. The van der Waals surface area contributed by atoms with E-state index in [0.29, 0.717) is 31.9 Å². The molecule has 0 N–H and O–H groups in total. The van der Waals surface area contributed by atoms with Gasteiger partial charge in [0.1, 0.15) is 11.8 Å². The van der Waals surface area contributed by atoms with Crippen LogP contribution in [0.4, 0.5) is 11.4 Å². The van der Waals surface area contributed by atoms with E-state index < -0.39 is 12.0 Å². The van der Waals surface area contributed by atoms with Crippen LogP contribution in [0.5, 0.6) is 5.75 Å². The number of carbonyl (C=O) groups is 1. The van der Waals surface area contributed by atoms with Crippen molar-refractivity contribution in [3.05, 3.63) is 107 Å². The van der Waals surface area contributed by atoms with Gasteiger partial charge in [0, 0.05) is 26.9 Å². The highest BCUT2D eigenvalue weighted by Crippen LogP contribution is 2.47. The number of nitrogens with zero attached hydrogens (tertiary/aromatic N) is 3. The first kappa shape index (κ1) is 27.6. The number of ether oxygens (including phenoxy) is 2. The Hall–Kier alpha value is -3.60. The molecule has 0 saturated heterocycles. The van der Waals surface area contributed by atoms with E-state index in [0.717, 1.165) is 20.6 Å². The Bertz CT molecular complexity index is 1930. The lowest BCUT2D eigenvalue weighted by Crippen LogP contribution is -2.40. The van der Waals surface area contributed by atoms with Crippen LogP contribution in [0.15, 0.2) is 96.0 Å². The van der Waals surface area contributed by atoms with Crippen LogP contribution < -0.4 is 24.5 Å². The highest BCUT2D eigenvalue weighted by atomic mass is 79.9. The molecule has 0 radical (unpaired) electrons. The molecule has 41 heavy (non-hydrogen) atoms. The van der Waals surface area contributed by atoms with E-state index in [2.05, 4.69) is 57.1 Å². The van der Waals surface area contributed by atoms with E-state index in [9.17, 15) is 9.59 Å². The molecule has 3 heterocycles. The fraction of sp³-hybridized carbons (Fsp3) is 0.194. The van der Waals surface area contributed by atoms with Crippen molar-refractivity contribution >= 4 is 62.4 Å². The Labute approximate surface area is 253 Å². The Balaban J connectivity index is 1.50. The Kier molecular flexibility index (Phi) is 7.39. The third-order valence-corrected chi connectivity index (χ3v) is 9.68. The number of esters is 1. The van der Waals surface area contributed by atoms with Crippen molar-refractivity contribution < 1.29 is 14.3 Å². The summed E-state index contributed by atoms with van der Waals surface area (Å²) in [6, 6.07) is 19.3. The van der Waals surface area contributed by atoms with Crippen LogP contribution in [-0.4, -0.2) is 31.3 Å². The van der Waals surface area contributed by atoms with E-state index in [-0.39, 0.29) is 12.2 Å². The van der Waals surface area contributed by atoms with Gasteiger partial charge in [-0.15, -0.1) is 0 Å². The van der Waals surface area contributed by atoms with Gasteiger partial charge in [-0.3, -0.25) is 9.36 Å². The zero-order chi connectivity index (χ0) is 28.8. The minimum absolute atomic E-state index is 0.207. The Morgan fingerprint density at radius 2 is 1.88 bits per heavy atom. The number of fused-ring (bicyclic) bond motifs is 3. The Morgan fingerprint density at radius 1 is 1.10 bits per heavy atom. The van der Waals surface area contributed by atoms with E-state index in [1.165, 1.54) is 21.9 Å². The average Bonchev–Trinajstić information content (AvgIpc) is 3.26. The number of para-hydroxylation sites is 1. The molecule has 0 saturated carbocycles. The standard InChI is InChI=1S/C31H26BrN3O4S2/c1-5-39-30(37)27-17(2)33-31-35(28(27)20-16-19(32)11-13-23(20)38-4)29(36)26(41-31)15-18-10-12-22-25(14-18)40-24-9-7-6-8-21(24)34(22)3/h6-16,28H,5H2,1-4H3/b26-15-/t28-/m0/s1. The van der Waals surface area contributed by atoms with Gasteiger partial charge in [0.25, 0.3) is 5.56 Å². The molecule has 2 aliphatic heterocycles. The summed E-state index contributed by atoms with van der Waals surface area (Å²) in [5, 5.41) is 0. The molecular formula is C31H26BrN3O4S2. The summed E-state index contributed by atoms with van der Waals surface area (Å²) in [6.07, 6.45) is 1.89. The van der Waals surface area contributed by atoms with Crippen LogP contribution in [0.25, 0.3) is 6.08 Å². The maximum Gasteiger partial charge on any atom is 0.338 e. The van der Waals surface area contributed by atoms with Gasteiger partial charge in [-0.1, -0.05) is 57.2 Å². The average molecular weight is 649 g/mol. The smallest absolute Gasteiger partial charge is 0.338 e. The molecule has 2 aliphatic rings. The number of anilines is 2. The molecule has 1 aromatic heterocycles. The quantitative estimate of drug-likeness (QED) is 0.255. The van der Waals surface area contributed by atoms with E-state index >= 15 is 0 Å². The first-order valence-electron chi connectivity index (χ1n) is 13.0. The minimum atomic E-state index is -0.760. The molecule has 6 rings (SSSR count). The lowest BCUT2D eigenvalue weighted by molar-refractivity contribution is -0.139. The van der Waals surface area contributed by atoms with Crippen LogP contribution >= 0.6 is 39.0 Å². The molecular weight excluding hydrogens is 622 g/mol. The van der Waals surface area contributed by atoms with Gasteiger partial charge in [0.05, 0.1) is 40.9 Å². The van der Waals surface area contributed by atoms with E-state index in [4.69, 9.17) is 9.47 Å². The van der Waals surface area contributed by atoms with Crippen molar-refractivity contribution in [2.75, 3.05) is 25.7 Å². The molecule has 0 spiro atoms. The van der Waals surface area contributed by atoms with Crippen LogP contribution in [0.3, 0.4) is 0 Å². The number of allylic oxidation sites excluding steroid dienone is 1. The molecule has 0 fully saturated rings. The third-order valence-electron chi connectivity index (χ3n) is 7.09. The maximum atomic E-state index is 14.1. The van der Waals surface area contributed by atoms with Crippen LogP contribution in [0.1, 0.15) is 31.0 Å². The summed E-state index contributed by atoms with van der Waals surface area (Å²) in [5.74, 6) is 0.0477. The minimum Gasteiger partial charge on any atom is -0.496 e. The predicted molar refractivity (Wildman–Crippen MR) is 166 cm³/mol. The van der Waals surface area contributed by atoms with Crippen LogP contribution in [0, 0.1) is 0 Å². The van der Waals surface area contributed by atoms with Crippen molar-refractivity contribution in [1.29, 1.82) is 0 Å². The lowest BCUT2D eigenvalue weighted by atomic mass is 9.95. The first-order valence-corrected chi connectivity index (χ1v) is 15.4. The molecule has 208 valence electrons. The highest BCUT2D eigenvalue weighted by molar-refractivity contribution is 9.10. The summed E-state index contributed by atoms with van der Waals surface area (Å²) >= 11 is 6.56. The van der Waals surface area contributed by atoms with Gasteiger partial charge in [0.15, 0.2) is 4.80 Å². The number of thiazole rings is 1. The molecule has 0 bridgehead atoms. The second-order valence-corrected chi connectivity index (χ2v) is 12.6. The summed E-state index contributed by atoms with van der Waals surface area (Å²) < 4.78 is 14.0.